The van der Waals surface area contributed by atoms with Crippen LogP contribution in [0.3, 0.4) is 0 Å². The van der Waals surface area contributed by atoms with Crippen molar-refractivity contribution < 1.29 is 22.6 Å². The molecule has 2 aromatic carbocycles. The van der Waals surface area contributed by atoms with Gasteiger partial charge in [-0.25, -0.2) is 18.4 Å². The summed E-state index contributed by atoms with van der Waals surface area (Å²) in [5.41, 5.74) is 2.12. The maximum atomic E-state index is 11.4. The van der Waals surface area contributed by atoms with Crippen LogP contribution in [0.25, 0.3) is 0 Å². The number of alkyl halides is 1. The fourth-order valence-electron chi connectivity index (χ4n) is 4.67. The molecule has 1 saturated heterocycles. The predicted molar refractivity (Wildman–Crippen MR) is 164 cm³/mol. The highest BCUT2D eigenvalue weighted by Crippen LogP contribution is 2.38. The van der Waals surface area contributed by atoms with Crippen molar-refractivity contribution in [1.29, 1.82) is 5.26 Å². The number of hydrogen-bond acceptors (Lipinski definition) is 9. The first-order chi connectivity index (χ1) is 19.8. The van der Waals surface area contributed by atoms with Crippen molar-refractivity contribution in [2.24, 2.45) is 0 Å². The van der Waals surface area contributed by atoms with Crippen molar-refractivity contribution in [3.63, 3.8) is 0 Å². The summed E-state index contributed by atoms with van der Waals surface area (Å²) >= 11 is 12.2. The SMILES string of the molecule is CC1(OCCS(C)(=O)=O)CN(c2nccc(COc3ccc(C(C)(C)c4cc(Cl)c(OCCCl)c(C#N)c4)cc3)n2)C1. The second-order valence-electron chi connectivity index (χ2n) is 11.1. The zero-order valence-electron chi connectivity index (χ0n) is 24.1. The van der Waals surface area contributed by atoms with E-state index in [2.05, 4.69) is 29.9 Å². The van der Waals surface area contributed by atoms with Crippen LogP contribution in [0.1, 0.15) is 43.2 Å². The summed E-state index contributed by atoms with van der Waals surface area (Å²) in [7, 11) is -3.06. The van der Waals surface area contributed by atoms with E-state index in [1.165, 1.54) is 6.26 Å². The molecule has 2 heterocycles. The standard InChI is InChI=1S/C30H34Cl2N4O5S/c1-29(2,23-15-21(17-33)27(26(32)16-23)39-12-10-31)22-5-7-25(8-6-22)40-18-24-9-11-34-28(35-24)36-19-30(3,20-36)41-13-14-42(4,37)38/h5-9,11,15-16H,10,12-14,18-20H2,1-4H3. The number of aromatic nitrogens is 2. The summed E-state index contributed by atoms with van der Waals surface area (Å²) in [6, 6.07) is 15.4. The molecule has 1 aliphatic rings. The van der Waals surface area contributed by atoms with Gasteiger partial charge in [0.05, 0.1) is 47.6 Å². The summed E-state index contributed by atoms with van der Waals surface area (Å²) < 4.78 is 40.1. The lowest BCUT2D eigenvalue weighted by molar-refractivity contribution is -0.0442. The minimum Gasteiger partial charge on any atom is -0.489 e. The molecule has 4 rings (SSSR count). The number of ether oxygens (including phenoxy) is 3. The van der Waals surface area contributed by atoms with Gasteiger partial charge in [-0.2, -0.15) is 5.26 Å². The third kappa shape index (κ3) is 7.84. The summed E-state index contributed by atoms with van der Waals surface area (Å²) in [5, 5.41) is 10.0. The molecule has 0 N–H and O–H groups in total. The maximum absolute atomic E-state index is 11.4. The van der Waals surface area contributed by atoms with Crippen LogP contribution >= 0.6 is 23.2 Å². The van der Waals surface area contributed by atoms with Crippen LogP contribution in [0, 0.1) is 11.3 Å². The molecule has 0 unspecified atom stereocenters. The monoisotopic (exact) mass is 632 g/mol. The molecule has 0 aliphatic carbocycles. The van der Waals surface area contributed by atoms with E-state index < -0.39 is 20.9 Å². The molecule has 224 valence electrons. The van der Waals surface area contributed by atoms with Crippen molar-refractivity contribution in [3.8, 4) is 17.6 Å². The van der Waals surface area contributed by atoms with Gasteiger partial charge >= 0.3 is 0 Å². The van der Waals surface area contributed by atoms with Crippen LogP contribution in [0.15, 0.2) is 48.7 Å². The molecule has 0 radical (unpaired) electrons. The zero-order chi connectivity index (χ0) is 30.5. The Hall–Kier alpha value is -3.10. The first-order valence-corrected chi connectivity index (χ1v) is 16.4. The lowest BCUT2D eigenvalue weighted by Crippen LogP contribution is -2.62. The number of sulfone groups is 1. The van der Waals surface area contributed by atoms with Gasteiger partial charge in [-0.15, -0.1) is 11.6 Å². The largest absolute Gasteiger partial charge is 0.489 e. The molecule has 0 atom stereocenters. The van der Waals surface area contributed by atoms with Gasteiger partial charge in [0.1, 0.15) is 40.5 Å². The van der Waals surface area contributed by atoms with E-state index in [-0.39, 0.29) is 25.6 Å². The lowest BCUT2D eigenvalue weighted by Gasteiger charge is -2.47. The first-order valence-electron chi connectivity index (χ1n) is 13.4. The van der Waals surface area contributed by atoms with Gasteiger partial charge in [-0.05, 0) is 48.4 Å². The summed E-state index contributed by atoms with van der Waals surface area (Å²) in [6.07, 6.45) is 2.89. The van der Waals surface area contributed by atoms with E-state index in [9.17, 15) is 13.7 Å². The Bertz CT molecular complexity index is 1550. The number of anilines is 1. The van der Waals surface area contributed by atoms with Crippen LogP contribution in [-0.4, -0.2) is 68.2 Å². The third-order valence-corrected chi connectivity index (χ3v) is 8.45. The quantitative estimate of drug-likeness (QED) is 0.235. The van der Waals surface area contributed by atoms with Crippen molar-refractivity contribution in [1.82, 2.24) is 9.97 Å². The lowest BCUT2D eigenvalue weighted by atomic mass is 9.77. The number of rotatable bonds is 13. The van der Waals surface area contributed by atoms with Gasteiger partial charge < -0.3 is 19.1 Å². The van der Waals surface area contributed by atoms with Gasteiger partial charge in [-0.1, -0.05) is 37.6 Å². The minimum atomic E-state index is -3.06. The molecular weight excluding hydrogens is 599 g/mol. The number of hydrogen-bond donors (Lipinski definition) is 0. The highest BCUT2D eigenvalue weighted by Gasteiger charge is 2.41. The molecule has 1 aliphatic heterocycles. The average molecular weight is 634 g/mol. The Morgan fingerprint density at radius 1 is 1.10 bits per heavy atom. The molecule has 0 amide bonds. The molecule has 0 spiro atoms. The molecule has 42 heavy (non-hydrogen) atoms. The van der Waals surface area contributed by atoms with Crippen LogP contribution in [0.5, 0.6) is 11.5 Å². The second kappa shape index (κ2) is 13.0. The minimum absolute atomic E-state index is 0.00117. The molecule has 1 fully saturated rings. The van der Waals surface area contributed by atoms with Gasteiger partial charge in [-0.3, -0.25) is 0 Å². The number of halogens is 2. The molecule has 1 aromatic heterocycles. The fourth-order valence-corrected chi connectivity index (χ4v) is 5.40. The van der Waals surface area contributed by atoms with Crippen molar-refractivity contribution in [2.45, 2.75) is 38.4 Å². The third-order valence-electron chi connectivity index (χ3n) is 7.11. The molecule has 12 heteroatoms. The average Bonchev–Trinajstić information content (AvgIpc) is 2.93. The number of nitrogens with zero attached hydrogens (tertiary/aromatic N) is 4. The maximum Gasteiger partial charge on any atom is 0.225 e. The van der Waals surface area contributed by atoms with Crippen LogP contribution < -0.4 is 14.4 Å². The Balaban J connectivity index is 1.36. The van der Waals surface area contributed by atoms with E-state index in [4.69, 9.17) is 37.4 Å². The van der Waals surface area contributed by atoms with E-state index in [1.807, 2.05) is 42.2 Å². The highest BCUT2D eigenvalue weighted by molar-refractivity contribution is 7.90. The highest BCUT2D eigenvalue weighted by atomic mass is 35.5. The molecule has 0 bridgehead atoms. The topological polar surface area (TPSA) is 115 Å². The van der Waals surface area contributed by atoms with Gasteiger partial charge in [0.2, 0.25) is 5.95 Å². The normalized spacial score (nSPS) is 14.6. The van der Waals surface area contributed by atoms with Crippen LogP contribution in [-0.2, 0) is 26.6 Å². The first kappa shape index (κ1) is 31.8. The van der Waals surface area contributed by atoms with E-state index in [1.54, 1.807) is 18.3 Å². The van der Waals surface area contributed by atoms with E-state index in [0.29, 0.717) is 47.0 Å². The summed E-state index contributed by atoms with van der Waals surface area (Å²) in [6.45, 7) is 7.92. The molecule has 9 nitrogen and oxygen atoms in total. The second-order valence-corrected chi connectivity index (χ2v) is 14.1. The van der Waals surface area contributed by atoms with E-state index >= 15 is 0 Å². The smallest absolute Gasteiger partial charge is 0.225 e. The molecule has 0 saturated carbocycles. The van der Waals surface area contributed by atoms with Crippen molar-refractivity contribution in [3.05, 3.63) is 76.1 Å². The zero-order valence-corrected chi connectivity index (χ0v) is 26.4. The Kier molecular flexibility index (Phi) is 9.88. The van der Waals surface area contributed by atoms with Crippen LogP contribution in [0.4, 0.5) is 5.95 Å². The predicted octanol–water partition coefficient (Wildman–Crippen LogP) is 5.16. The van der Waals surface area contributed by atoms with E-state index in [0.717, 1.165) is 16.8 Å². The van der Waals surface area contributed by atoms with Gasteiger partial charge in [0.15, 0.2) is 5.75 Å². The Morgan fingerprint density at radius 3 is 2.45 bits per heavy atom. The molecular formula is C30H34Cl2N4O5S. The van der Waals surface area contributed by atoms with Crippen molar-refractivity contribution >= 4 is 39.0 Å². The Morgan fingerprint density at radius 2 is 1.81 bits per heavy atom. The summed E-state index contributed by atoms with van der Waals surface area (Å²) in [4.78, 5) is 11.0. The van der Waals surface area contributed by atoms with Gasteiger partial charge in [0, 0.05) is 17.9 Å². The fraction of sp³-hybridized carbons (Fsp3) is 0.433. The summed E-state index contributed by atoms with van der Waals surface area (Å²) in [5.74, 6) is 1.90. The van der Waals surface area contributed by atoms with Crippen LogP contribution in [0.2, 0.25) is 5.02 Å². The molecule has 3 aromatic rings. The number of nitriles is 1. The Labute approximate surface area is 257 Å². The number of benzene rings is 2. The van der Waals surface area contributed by atoms with Gasteiger partial charge in [0.25, 0.3) is 0 Å². The van der Waals surface area contributed by atoms with Crippen molar-refractivity contribution in [2.75, 3.05) is 49.1 Å².